The summed E-state index contributed by atoms with van der Waals surface area (Å²) in [5.74, 6) is -0.259. The lowest BCUT2D eigenvalue weighted by molar-refractivity contribution is -0.0311. The van der Waals surface area contributed by atoms with Crippen LogP contribution in [0.25, 0.3) is 0 Å². The minimum Gasteiger partial charge on any atom is -0.365 e. The number of rotatable bonds is 5. The molecule has 106 valence electrons. The van der Waals surface area contributed by atoms with Crippen molar-refractivity contribution < 1.29 is 9.13 Å². The van der Waals surface area contributed by atoms with E-state index in [1.807, 2.05) is 37.3 Å². The minimum atomic E-state index is -0.717. The highest BCUT2D eigenvalue weighted by molar-refractivity contribution is 9.09. The fourth-order valence-corrected chi connectivity index (χ4v) is 2.49. The fraction of sp³-hybridized carbons (Fsp3) is 0.250. The Morgan fingerprint density at radius 3 is 2.40 bits per heavy atom. The van der Waals surface area contributed by atoms with Gasteiger partial charge in [0, 0.05) is 15.9 Å². The molecule has 2 aromatic rings. The number of benzene rings is 2. The summed E-state index contributed by atoms with van der Waals surface area (Å²) in [6.07, 6.45) is 0. The van der Waals surface area contributed by atoms with Crippen LogP contribution in [0, 0.1) is 5.82 Å². The zero-order chi connectivity index (χ0) is 14.6. The first-order valence-electron chi connectivity index (χ1n) is 6.24. The highest BCUT2D eigenvalue weighted by Gasteiger charge is 2.29. The van der Waals surface area contributed by atoms with Gasteiger partial charge in [0.05, 0.1) is 6.61 Å². The number of ether oxygens (including phenoxy) is 1. The third-order valence-corrected chi connectivity index (χ3v) is 4.49. The van der Waals surface area contributed by atoms with E-state index in [0.717, 1.165) is 5.56 Å². The smallest absolute Gasteiger partial charge is 0.129 e. The maximum atomic E-state index is 13.9. The summed E-state index contributed by atoms with van der Waals surface area (Å²) < 4.78 is 19.9. The summed E-state index contributed by atoms with van der Waals surface area (Å²) in [5.41, 5.74) is 0.828. The van der Waals surface area contributed by atoms with Crippen LogP contribution in [0.5, 0.6) is 0 Å². The predicted molar refractivity (Wildman–Crippen MR) is 83.8 cm³/mol. The molecule has 1 nitrogen and oxygen atoms in total. The predicted octanol–water partition coefficient (Wildman–Crippen LogP) is 5.31. The third kappa shape index (κ3) is 3.60. The Balaban J connectivity index is 2.16. The van der Waals surface area contributed by atoms with E-state index in [1.165, 1.54) is 6.07 Å². The first-order chi connectivity index (χ1) is 9.55. The van der Waals surface area contributed by atoms with Crippen molar-refractivity contribution in [2.45, 2.75) is 19.1 Å². The standard InChI is InChI=1S/C16H15BrClFO/c1-16(11-17,14-4-2-3-5-15(14)19)20-10-12-6-8-13(18)9-7-12/h2-9H,10-11H2,1H3. The van der Waals surface area contributed by atoms with Crippen LogP contribution in [-0.2, 0) is 16.9 Å². The molecule has 0 aliphatic heterocycles. The Hall–Kier alpha value is -0.900. The molecule has 0 saturated carbocycles. The molecular formula is C16H15BrClFO. The van der Waals surface area contributed by atoms with Gasteiger partial charge in [-0.05, 0) is 30.7 Å². The largest absolute Gasteiger partial charge is 0.365 e. The van der Waals surface area contributed by atoms with Gasteiger partial charge in [-0.25, -0.2) is 4.39 Å². The number of alkyl halides is 1. The maximum absolute atomic E-state index is 13.9. The summed E-state index contributed by atoms with van der Waals surface area (Å²) in [5, 5.41) is 1.19. The van der Waals surface area contributed by atoms with Crippen LogP contribution in [0.1, 0.15) is 18.1 Å². The van der Waals surface area contributed by atoms with E-state index in [2.05, 4.69) is 15.9 Å². The van der Waals surface area contributed by atoms with Crippen LogP contribution < -0.4 is 0 Å². The second-order valence-corrected chi connectivity index (χ2v) is 5.76. The van der Waals surface area contributed by atoms with Crippen molar-refractivity contribution in [3.05, 3.63) is 70.5 Å². The van der Waals surface area contributed by atoms with E-state index in [1.54, 1.807) is 12.1 Å². The molecule has 0 aliphatic carbocycles. The van der Waals surface area contributed by atoms with E-state index < -0.39 is 5.60 Å². The van der Waals surface area contributed by atoms with E-state index >= 15 is 0 Å². The molecule has 0 fully saturated rings. The topological polar surface area (TPSA) is 9.23 Å². The van der Waals surface area contributed by atoms with E-state index in [0.29, 0.717) is 22.5 Å². The molecule has 0 saturated heterocycles. The minimum absolute atomic E-state index is 0.259. The van der Waals surface area contributed by atoms with Crippen LogP contribution >= 0.6 is 27.5 Å². The molecule has 2 aromatic carbocycles. The van der Waals surface area contributed by atoms with Gasteiger partial charge in [0.2, 0.25) is 0 Å². The van der Waals surface area contributed by atoms with Crippen molar-refractivity contribution in [1.82, 2.24) is 0 Å². The van der Waals surface area contributed by atoms with Gasteiger partial charge < -0.3 is 4.74 Å². The third-order valence-electron chi connectivity index (χ3n) is 3.17. The van der Waals surface area contributed by atoms with Gasteiger partial charge in [-0.3, -0.25) is 0 Å². The average Bonchev–Trinajstić information content (AvgIpc) is 2.47. The molecule has 0 bridgehead atoms. The Morgan fingerprint density at radius 1 is 1.15 bits per heavy atom. The average molecular weight is 358 g/mol. The second-order valence-electron chi connectivity index (χ2n) is 4.76. The van der Waals surface area contributed by atoms with Crippen LogP contribution in [0.2, 0.25) is 5.02 Å². The molecule has 0 spiro atoms. The molecule has 0 heterocycles. The Labute approximate surface area is 131 Å². The first-order valence-corrected chi connectivity index (χ1v) is 7.74. The number of hydrogen-bond acceptors (Lipinski definition) is 1. The van der Waals surface area contributed by atoms with Crippen molar-refractivity contribution in [3.8, 4) is 0 Å². The lowest BCUT2D eigenvalue weighted by Gasteiger charge is -2.29. The van der Waals surface area contributed by atoms with E-state index in [-0.39, 0.29) is 5.82 Å². The van der Waals surface area contributed by atoms with Crippen LogP contribution in [0.15, 0.2) is 48.5 Å². The molecule has 0 N–H and O–H groups in total. The van der Waals surface area contributed by atoms with Crippen LogP contribution in [0.3, 0.4) is 0 Å². The molecule has 1 unspecified atom stereocenters. The summed E-state index contributed by atoms with van der Waals surface area (Å²) in [4.78, 5) is 0. The molecule has 0 amide bonds. The molecule has 2 rings (SSSR count). The number of halogens is 3. The second kappa shape index (κ2) is 6.70. The van der Waals surface area contributed by atoms with Gasteiger partial charge >= 0.3 is 0 Å². The molecule has 0 radical (unpaired) electrons. The normalized spacial score (nSPS) is 14.0. The maximum Gasteiger partial charge on any atom is 0.129 e. The van der Waals surface area contributed by atoms with Crippen molar-refractivity contribution in [1.29, 1.82) is 0 Å². The zero-order valence-electron chi connectivity index (χ0n) is 11.1. The highest BCUT2D eigenvalue weighted by atomic mass is 79.9. The van der Waals surface area contributed by atoms with Gasteiger partial charge in [-0.1, -0.05) is 57.9 Å². The van der Waals surface area contributed by atoms with Crippen molar-refractivity contribution in [2.75, 3.05) is 5.33 Å². The van der Waals surface area contributed by atoms with Gasteiger partial charge in [0.1, 0.15) is 11.4 Å². The van der Waals surface area contributed by atoms with Gasteiger partial charge in [0.25, 0.3) is 0 Å². The lowest BCUT2D eigenvalue weighted by atomic mass is 9.97. The summed E-state index contributed by atoms with van der Waals surface area (Å²) in [6, 6.07) is 14.1. The van der Waals surface area contributed by atoms with Gasteiger partial charge in [-0.15, -0.1) is 0 Å². The fourth-order valence-electron chi connectivity index (χ4n) is 1.90. The lowest BCUT2D eigenvalue weighted by Crippen LogP contribution is -2.29. The number of hydrogen-bond donors (Lipinski definition) is 0. The zero-order valence-corrected chi connectivity index (χ0v) is 13.4. The van der Waals surface area contributed by atoms with Gasteiger partial charge in [-0.2, -0.15) is 0 Å². The van der Waals surface area contributed by atoms with Crippen molar-refractivity contribution in [2.24, 2.45) is 0 Å². The first kappa shape index (κ1) is 15.5. The summed E-state index contributed by atoms with van der Waals surface area (Å²) in [6.45, 7) is 2.27. The molecule has 0 aromatic heterocycles. The van der Waals surface area contributed by atoms with E-state index in [4.69, 9.17) is 16.3 Å². The molecular weight excluding hydrogens is 343 g/mol. The quantitative estimate of drug-likeness (QED) is 0.659. The monoisotopic (exact) mass is 356 g/mol. The Kier molecular flexibility index (Phi) is 5.19. The molecule has 0 aliphatic rings. The molecule has 4 heteroatoms. The molecule has 20 heavy (non-hydrogen) atoms. The van der Waals surface area contributed by atoms with Gasteiger partial charge in [0.15, 0.2) is 0 Å². The van der Waals surface area contributed by atoms with Crippen LogP contribution in [0.4, 0.5) is 4.39 Å². The molecule has 1 atom stereocenters. The highest BCUT2D eigenvalue weighted by Crippen LogP contribution is 2.30. The van der Waals surface area contributed by atoms with Crippen molar-refractivity contribution in [3.63, 3.8) is 0 Å². The Morgan fingerprint density at radius 2 is 1.80 bits per heavy atom. The Bertz CT molecular complexity index is 573. The summed E-state index contributed by atoms with van der Waals surface area (Å²) in [7, 11) is 0. The van der Waals surface area contributed by atoms with Crippen molar-refractivity contribution >= 4 is 27.5 Å². The van der Waals surface area contributed by atoms with E-state index in [9.17, 15) is 4.39 Å². The van der Waals surface area contributed by atoms with Crippen LogP contribution in [-0.4, -0.2) is 5.33 Å². The SMILES string of the molecule is CC(CBr)(OCc1ccc(Cl)cc1)c1ccccc1F. The summed E-state index contributed by atoms with van der Waals surface area (Å²) >= 11 is 9.26.